The average Bonchev–Trinajstić information content (AvgIpc) is 2.41. The van der Waals surface area contributed by atoms with Gasteiger partial charge in [-0.3, -0.25) is 0 Å². The Morgan fingerprint density at radius 2 is 1.35 bits per heavy atom. The fraction of sp³-hybridized carbons (Fsp3) is 1.00. The van der Waals surface area contributed by atoms with E-state index in [1.807, 2.05) is 0 Å². The summed E-state index contributed by atoms with van der Waals surface area (Å²) in [7, 11) is -5.03. The van der Waals surface area contributed by atoms with E-state index in [9.17, 15) is 0 Å². The number of hydrogen-bond donors (Lipinski definition) is 0. The zero-order valence-corrected chi connectivity index (χ0v) is 20.2. The summed E-state index contributed by atoms with van der Waals surface area (Å²) in [5.74, 6) is 0. The van der Waals surface area contributed by atoms with Crippen LogP contribution in [-0.4, -0.2) is 39.1 Å². The first-order chi connectivity index (χ1) is 10.7. The smallest absolute Gasteiger partial charge is 0.337 e. The molecule has 23 heavy (non-hydrogen) atoms. The zero-order chi connectivity index (χ0) is 17.9. The third-order valence-electron chi connectivity index (χ3n) is 4.47. The summed E-state index contributed by atoms with van der Waals surface area (Å²) < 4.78 is 19.1. The van der Waals surface area contributed by atoms with Gasteiger partial charge in [0.2, 0.25) is 0 Å². The van der Waals surface area contributed by atoms with E-state index in [-0.39, 0.29) is 0 Å². The van der Waals surface area contributed by atoms with Gasteiger partial charge in [-0.1, -0.05) is 39.0 Å². The lowest BCUT2D eigenvalue weighted by Crippen LogP contribution is -2.56. The van der Waals surface area contributed by atoms with E-state index >= 15 is 0 Å². The minimum Gasteiger partial charge on any atom is -0.458 e. The number of unbranched alkanes of at least 4 members (excludes halogenated alkanes) is 4. The minimum absolute atomic E-state index is 0.520. The van der Waals surface area contributed by atoms with Crippen LogP contribution in [0.1, 0.15) is 59.3 Å². The normalized spacial score (nSPS) is 14.5. The van der Waals surface area contributed by atoms with Crippen LogP contribution in [0.2, 0.25) is 37.9 Å². The van der Waals surface area contributed by atoms with Crippen molar-refractivity contribution in [3.8, 4) is 0 Å². The Morgan fingerprint density at radius 1 is 0.826 bits per heavy atom. The quantitative estimate of drug-likeness (QED) is 0.290. The first-order valence-corrected chi connectivity index (χ1v) is 17.8. The van der Waals surface area contributed by atoms with Crippen molar-refractivity contribution in [3.05, 3.63) is 0 Å². The van der Waals surface area contributed by atoms with Crippen LogP contribution in [0.3, 0.4) is 0 Å². The molecule has 0 aromatic heterocycles. The molecular formula is C17H42O3Si3. The summed E-state index contributed by atoms with van der Waals surface area (Å²) in [4.78, 5) is 0. The van der Waals surface area contributed by atoms with Crippen molar-refractivity contribution in [2.75, 3.05) is 13.2 Å². The lowest BCUT2D eigenvalue weighted by atomic mass is 10.1. The molecule has 0 fully saturated rings. The summed E-state index contributed by atoms with van der Waals surface area (Å²) in [6.07, 6.45) is 7.84. The maximum absolute atomic E-state index is 6.57. The SMILES string of the molecule is CCCCCCCC([Si](C)(C)O[SiH](C)C)[Si](C)(OCC)OCC. The molecule has 1 atom stereocenters. The van der Waals surface area contributed by atoms with Crippen molar-refractivity contribution < 1.29 is 13.0 Å². The second-order valence-electron chi connectivity index (χ2n) is 7.41. The van der Waals surface area contributed by atoms with Crippen molar-refractivity contribution in [1.29, 1.82) is 0 Å². The molecule has 1 unspecified atom stereocenters. The van der Waals surface area contributed by atoms with Crippen LogP contribution in [0.5, 0.6) is 0 Å². The predicted octanol–water partition coefficient (Wildman–Crippen LogP) is 5.61. The van der Waals surface area contributed by atoms with Gasteiger partial charge in [-0.05, 0) is 53.0 Å². The topological polar surface area (TPSA) is 27.7 Å². The lowest BCUT2D eigenvalue weighted by Gasteiger charge is -2.43. The van der Waals surface area contributed by atoms with Crippen molar-refractivity contribution >= 4 is 25.9 Å². The summed E-state index contributed by atoms with van der Waals surface area (Å²) in [5, 5.41) is 0.520. The van der Waals surface area contributed by atoms with E-state index < -0.39 is 25.9 Å². The molecular weight excluding hydrogens is 336 g/mol. The van der Waals surface area contributed by atoms with Crippen molar-refractivity contribution in [3.63, 3.8) is 0 Å². The molecule has 0 aromatic carbocycles. The Kier molecular flexibility index (Phi) is 12.3. The molecule has 0 heterocycles. The van der Waals surface area contributed by atoms with Gasteiger partial charge in [-0.25, -0.2) is 0 Å². The predicted molar refractivity (Wildman–Crippen MR) is 109 cm³/mol. The van der Waals surface area contributed by atoms with Gasteiger partial charge in [-0.15, -0.1) is 0 Å². The molecule has 0 saturated carbocycles. The van der Waals surface area contributed by atoms with Crippen molar-refractivity contribution in [2.24, 2.45) is 0 Å². The van der Waals surface area contributed by atoms with Crippen LogP contribution in [0.25, 0.3) is 0 Å². The third kappa shape index (κ3) is 8.97. The summed E-state index contributed by atoms with van der Waals surface area (Å²) in [6.45, 7) is 19.6. The van der Waals surface area contributed by atoms with Crippen LogP contribution in [0.4, 0.5) is 0 Å². The number of hydrogen-bond acceptors (Lipinski definition) is 3. The summed E-state index contributed by atoms with van der Waals surface area (Å²) in [5.41, 5.74) is 0. The second-order valence-corrected chi connectivity index (χ2v) is 18.2. The summed E-state index contributed by atoms with van der Waals surface area (Å²) in [6, 6.07) is 0. The lowest BCUT2D eigenvalue weighted by molar-refractivity contribution is 0.182. The highest BCUT2D eigenvalue weighted by Gasteiger charge is 2.50. The molecule has 6 heteroatoms. The van der Waals surface area contributed by atoms with Crippen LogP contribution >= 0.6 is 0 Å². The van der Waals surface area contributed by atoms with E-state index in [0.717, 1.165) is 13.2 Å². The highest BCUT2D eigenvalue weighted by molar-refractivity contribution is 6.92. The van der Waals surface area contributed by atoms with Gasteiger partial charge >= 0.3 is 8.56 Å². The number of rotatable bonds is 14. The summed E-state index contributed by atoms with van der Waals surface area (Å²) >= 11 is 0. The van der Waals surface area contributed by atoms with Crippen molar-refractivity contribution in [1.82, 2.24) is 0 Å². The molecule has 0 aliphatic rings. The molecule has 0 N–H and O–H groups in total. The van der Waals surface area contributed by atoms with Crippen molar-refractivity contribution in [2.45, 2.75) is 97.2 Å². The fourth-order valence-electron chi connectivity index (χ4n) is 3.70. The standard InChI is InChI=1S/C17H42O3Si3/c1-9-12-13-14-15-16-17(22(6,7)20-21(4)5)23(8,18-10-2)19-11-3/h17,21H,9-16H2,1-8H3. The maximum Gasteiger partial charge on any atom is 0.337 e. The second kappa shape index (κ2) is 12.0. The van der Waals surface area contributed by atoms with Crippen LogP contribution in [0.15, 0.2) is 0 Å². The molecule has 0 spiro atoms. The van der Waals surface area contributed by atoms with Gasteiger partial charge in [-0.2, -0.15) is 0 Å². The molecule has 0 bridgehead atoms. The van der Waals surface area contributed by atoms with E-state index in [1.54, 1.807) is 0 Å². The Morgan fingerprint density at radius 3 is 1.78 bits per heavy atom. The average molecular weight is 379 g/mol. The molecule has 140 valence electrons. The molecule has 0 amide bonds. The highest BCUT2D eigenvalue weighted by Crippen LogP contribution is 2.39. The van der Waals surface area contributed by atoms with E-state index in [1.165, 1.54) is 38.5 Å². The maximum atomic E-state index is 6.57. The molecule has 3 nitrogen and oxygen atoms in total. The van der Waals surface area contributed by atoms with E-state index in [2.05, 4.69) is 53.5 Å². The molecule has 0 radical (unpaired) electrons. The first-order valence-electron chi connectivity index (χ1n) is 9.69. The zero-order valence-electron chi connectivity index (χ0n) is 17.0. The third-order valence-corrected chi connectivity index (χ3v) is 17.7. The van der Waals surface area contributed by atoms with Gasteiger partial charge in [0.15, 0.2) is 17.4 Å². The molecule has 0 rings (SSSR count). The Labute approximate surface area is 149 Å². The fourth-order valence-corrected chi connectivity index (χ4v) is 18.6. The molecule has 0 aliphatic heterocycles. The van der Waals surface area contributed by atoms with Gasteiger partial charge < -0.3 is 13.0 Å². The van der Waals surface area contributed by atoms with Gasteiger partial charge in [0.25, 0.3) is 0 Å². The van der Waals surface area contributed by atoms with E-state index in [4.69, 9.17) is 13.0 Å². The Hall–Kier alpha value is 0.531. The van der Waals surface area contributed by atoms with Crippen LogP contribution in [-0.2, 0) is 13.0 Å². The largest absolute Gasteiger partial charge is 0.458 e. The van der Waals surface area contributed by atoms with Gasteiger partial charge in [0, 0.05) is 18.4 Å². The van der Waals surface area contributed by atoms with E-state index in [0.29, 0.717) is 5.16 Å². The van der Waals surface area contributed by atoms with Gasteiger partial charge in [0.05, 0.1) is 0 Å². The van der Waals surface area contributed by atoms with Crippen LogP contribution < -0.4 is 0 Å². The van der Waals surface area contributed by atoms with Gasteiger partial charge in [0.1, 0.15) is 0 Å². The minimum atomic E-state index is -2.19. The molecule has 0 aliphatic carbocycles. The van der Waals surface area contributed by atoms with Crippen LogP contribution in [0, 0.1) is 0 Å². The molecule has 0 saturated heterocycles. The first kappa shape index (κ1) is 23.5. The Balaban J connectivity index is 5.09. The monoisotopic (exact) mass is 378 g/mol. The molecule has 0 aromatic rings. The highest BCUT2D eigenvalue weighted by atomic mass is 28.4. The Bertz CT molecular complexity index is 293.